The molecule has 1 aliphatic carbocycles. The summed E-state index contributed by atoms with van der Waals surface area (Å²) in [5, 5.41) is 2.91. The van der Waals surface area contributed by atoms with E-state index in [1.807, 2.05) is 12.1 Å². The molecule has 0 radical (unpaired) electrons. The number of carbonyl (C=O) groups is 1. The minimum Gasteiger partial charge on any atom is -0.349 e. The number of hydrogen-bond donors (Lipinski definition) is 2. The zero-order valence-corrected chi connectivity index (χ0v) is 13.4. The molecule has 1 aliphatic heterocycles. The third-order valence-electron chi connectivity index (χ3n) is 4.22. The highest BCUT2D eigenvalue weighted by atomic mass is 35.5. The van der Waals surface area contributed by atoms with E-state index in [2.05, 4.69) is 5.32 Å². The van der Waals surface area contributed by atoms with Gasteiger partial charge in [0.05, 0.1) is 6.61 Å². The summed E-state index contributed by atoms with van der Waals surface area (Å²) < 4.78 is 11.8. The molecular formula is C16H23ClN2O3. The van der Waals surface area contributed by atoms with Gasteiger partial charge in [-0.25, -0.2) is 0 Å². The summed E-state index contributed by atoms with van der Waals surface area (Å²) in [6.07, 6.45) is 4.21. The molecule has 1 aromatic rings. The van der Waals surface area contributed by atoms with Crippen LogP contribution in [-0.2, 0) is 16.0 Å². The van der Waals surface area contributed by atoms with Crippen LogP contribution in [0.1, 0.15) is 41.6 Å². The molecule has 122 valence electrons. The van der Waals surface area contributed by atoms with E-state index < -0.39 is 0 Å². The number of carbonyl (C=O) groups excluding carboxylic acids is 1. The van der Waals surface area contributed by atoms with Gasteiger partial charge in [0.2, 0.25) is 0 Å². The van der Waals surface area contributed by atoms with Crippen LogP contribution in [0, 0.1) is 0 Å². The first-order valence-electron chi connectivity index (χ1n) is 7.60. The van der Waals surface area contributed by atoms with Crippen LogP contribution in [0.15, 0.2) is 24.3 Å². The van der Waals surface area contributed by atoms with Crippen molar-refractivity contribution in [2.45, 2.75) is 44.1 Å². The van der Waals surface area contributed by atoms with Crippen molar-refractivity contribution in [1.82, 2.24) is 5.32 Å². The largest absolute Gasteiger partial charge is 0.349 e. The van der Waals surface area contributed by atoms with Crippen molar-refractivity contribution < 1.29 is 14.3 Å². The van der Waals surface area contributed by atoms with Crippen molar-refractivity contribution in [1.29, 1.82) is 0 Å². The van der Waals surface area contributed by atoms with Crippen molar-refractivity contribution >= 4 is 18.3 Å². The van der Waals surface area contributed by atoms with Crippen LogP contribution in [-0.4, -0.2) is 30.9 Å². The Labute approximate surface area is 137 Å². The SMILES string of the molecule is Cl.NCc1ccc(C(=O)NCC2COC3(CCCC3)O2)cc1. The van der Waals surface area contributed by atoms with Crippen LogP contribution >= 0.6 is 12.4 Å². The fraction of sp³-hybridized carbons (Fsp3) is 0.562. The average Bonchev–Trinajstić information content (AvgIpc) is 3.15. The fourth-order valence-corrected chi connectivity index (χ4v) is 2.99. The predicted octanol–water partition coefficient (Wildman–Crippen LogP) is 1.98. The van der Waals surface area contributed by atoms with Crippen LogP contribution in [0.5, 0.6) is 0 Å². The first-order valence-corrected chi connectivity index (χ1v) is 7.60. The van der Waals surface area contributed by atoms with Gasteiger partial charge in [-0.15, -0.1) is 12.4 Å². The van der Waals surface area contributed by atoms with E-state index in [4.69, 9.17) is 15.2 Å². The highest BCUT2D eigenvalue weighted by molar-refractivity contribution is 5.94. The van der Waals surface area contributed by atoms with Gasteiger partial charge >= 0.3 is 0 Å². The summed E-state index contributed by atoms with van der Waals surface area (Å²) in [6.45, 7) is 1.53. The standard InChI is InChI=1S/C16H22N2O3.ClH/c17-9-12-3-5-13(6-4-12)15(19)18-10-14-11-20-16(21-14)7-1-2-8-16;/h3-6,14H,1-2,7-11,17H2,(H,18,19);1H. The number of halogens is 1. The van der Waals surface area contributed by atoms with E-state index in [9.17, 15) is 4.79 Å². The van der Waals surface area contributed by atoms with Crippen molar-refractivity contribution in [3.8, 4) is 0 Å². The van der Waals surface area contributed by atoms with E-state index in [0.29, 0.717) is 25.3 Å². The van der Waals surface area contributed by atoms with Crippen LogP contribution in [0.3, 0.4) is 0 Å². The summed E-state index contributed by atoms with van der Waals surface area (Å²) in [6, 6.07) is 7.33. The van der Waals surface area contributed by atoms with Crippen LogP contribution in [0.4, 0.5) is 0 Å². The number of hydrogen-bond acceptors (Lipinski definition) is 4. The third-order valence-corrected chi connectivity index (χ3v) is 4.22. The second-order valence-corrected chi connectivity index (χ2v) is 5.78. The van der Waals surface area contributed by atoms with Crippen molar-refractivity contribution in [3.63, 3.8) is 0 Å². The highest BCUT2D eigenvalue weighted by Gasteiger charge is 2.43. The minimum atomic E-state index is -0.363. The second-order valence-electron chi connectivity index (χ2n) is 5.78. The minimum absolute atomic E-state index is 0. The third kappa shape index (κ3) is 3.79. The number of amides is 1. The molecule has 1 atom stereocenters. The molecule has 3 N–H and O–H groups in total. The second kappa shape index (κ2) is 7.42. The molecule has 1 aromatic carbocycles. The van der Waals surface area contributed by atoms with Crippen molar-refractivity contribution in [2.24, 2.45) is 5.73 Å². The number of nitrogens with one attached hydrogen (secondary N) is 1. The Balaban J connectivity index is 0.00000176. The summed E-state index contributed by atoms with van der Waals surface area (Å²) >= 11 is 0. The molecule has 2 fully saturated rings. The molecule has 1 amide bonds. The maximum absolute atomic E-state index is 12.1. The topological polar surface area (TPSA) is 73.6 Å². The van der Waals surface area contributed by atoms with Gasteiger partial charge in [-0.1, -0.05) is 12.1 Å². The normalized spacial score (nSPS) is 22.5. The molecule has 22 heavy (non-hydrogen) atoms. The molecule has 1 saturated heterocycles. The Morgan fingerprint density at radius 2 is 1.95 bits per heavy atom. The summed E-state index contributed by atoms with van der Waals surface area (Å²) in [5.41, 5.74) is 7.20. The monoisotopic (exact) mass is 326 g/mol. The Morgan fingerprint density at radius 1 is 1.27 bits per heavy atom. The Kier molecular flexibility index (Phi) is 5.81. The van der Waals surface area contributed by atoms with Gasteiger partial charge in [-0.3, -0.25) is 4.79 Å². The Bertz CT molecular complexity index is 501. The molecule has 5 nitrogen and oxygen atoms in total. The highest BCUT2D eigenvalue weighted by Crippen LogP contribution is 2.38. The Morgan fingerprint density at radius 3 is 2.59 bits per heavy atom. The van der Waals surface area contributed by atoms with E-state index in [1.165, 1.54) is 0 Å². The van der Waals surface area contributed by atoms with E-state index in [1.54, 1.807) is 12.1 Å². The lowest BCUT2D eigenvalue weighted by Gasteiger charge is -2.21. The van der Waals surface area contributed by atoms with Gasteiger partial charge in [-0.2, -0.15) is 0 Å². The van der Waals surface area contributed by atoms with E-state index >= 15 is 0 Å². The van der Waals surface area contributed by atoms with Gasteiger partial charge in [0.1, 0.15) is 6.10 Å². The summed E-state index contributed by atoms with van der Waals surface area (Å²) in [5.74, 6) is -0.451. The van der Waals surface area contributed by atoms with Gasteiger partial charge in [0.25, 0.3) is 5.91 Å². The fourth-order valence-electron chi connectivity index (χ4n) is 2.99. The summed E-state index contributed by atoms with van der Waals surface area (Å²) in [4.78, 5) is 12.1. The van der Waals surface area contributed by atoms with Gasteiger partial charge < -0.3 is 20.5 Å². The molecular weight excluding hydrogens is 304 g/mol. The van der Waals surface area contributed by atoms with E-state index in [0.717, 1.165) is 31.2 Å². The maximum Gasteiger partial charge on any atom is 0.251 e. The lowest BCUT2D eigenvalue weighted by Crippen LogP contribution is -2.35. The zero-order chi connectivity index (χ0) is 14.7. The smallest absolute Gasteiger partial charge is 0.251 e. The molecule has 6 heteroatoms. The molecule has 0 aromatic heterocycles. The van der Waals surface area contributed by atoms with Gasteiger partial charge in [0, 0.05) is 31.5 Å². The van der Waals surface area contributed by atoms with E-state index in [-0.39, 0.29) is 30.2 Å². The molecule has 2 aliphatic rings. The van der Waals surface area contributed by atoms with Crippen LogP contribution < -0.4 is 11.1 Å². The Hall–Kier alpha value is -1.14. The predicted molar refractivity (Wildman–Crippen MR) is 85.9 cm³/mol. The quantitative estimate of drug-likeness (QED) is 0.887. The van der Waals surface area contributed by atoms with Crippen LogP contribution in [0.25, 0.3) is 0 Å². The number of rotatable bonds is 4. The average molecular weight is 327 g/mol. The van der Waals surface area contributed by atoms with Crippen LogP contribution in [0.2, 0.25) is 0 Å². The van der Waals surface area contributed by atoms with Gasteiger partial charge in [-0.05, 0) is 30.5 Å². The zero-order valence-electron chi connectivity index (χ0n) is 12.5. The molecule has 0 bridgehead atoms. The first kappa shape index (κ1) is 17.2. The molecule has 3 rings (SSSR count). The number of ether oxygens (including phenoxy) is 2. The molecule has 1 spiro atoms. The molecule has 1 heterocycles. The number of nitrogens with two attached hydrogens (primary N) is 1. The summed E-state index contributed by atoms with van der Waals surface area (Å²) in [7, 11) is 0. The molecule has 1 saturated carbocycles. The van der Waals surface area contributed by atoms with Gasteiger partial charge in [0.15, 0.2) is 5.79 Å². The maximum atomic E-state index is 12.1. The molecule has 1 unspecified atom stereocenters. The number of benzene rings is 1. The van der Waals surface area contributed by atoms with Crippen molar-refractivity contribution in [2.75, 3.05) is 13.2 Å². The van der Waals surface area contributed by atoms with Crippen molar-refractivity contribution in [3.05, 3.63) is 35.4 Å². The lowest BCUT2D eigenvalue weighted by atomic mass is 10.1. The first-order chi connectivity index (χ1) is 10.2. The lowest BCUT2D eigenvalue weighted by molar-refractivity contribution is -0.161.